The lowest BCUT2D eigenvalue weighted by Gasteiger charge is -2.20. The summed E-state index contributed by atoms with van der Waals surface area (Å²) >= 11 is 0. The van der Waals surface area contributed by atoms with Gasteiger partial charge in [0.25, 0.3) is 0 Å². The van der Waals surface area contributed by atoms with Crippen LogP contribution in [-0.4, -0.2) is 13.1 Å². The molecule has 1 heterocycles. The standard InChI is InChI=1S/C14H18NO2.BrH/c1-11-6-7-12(14(16)17-2)10-13(11)15-8-4-3-5-9-15;/h3-5,8-9,12H,6-7,10H2,1-2H3;1H/q+1;/p-1. The maximum Gasteiger partial charge on any atom is 0.309 e. The molecule has 4 heteroatoms. The Kier molecular flexibility index (Phi) is 5.54. The molecule has 0 fully saturated rings. The first-order valence-electron chi connectivity index (χ1n) is 5.95. The fraction of sp³-hybridized carbons (Fsp3) is 0.429. The largest absolute Gasteiger partial charge is 1.00 e. The topological polar surface area (TPSA) is 30.2 Å². The van der Waals surface area contributed by atoms with E-state index in [1.165, 1.54) is 18.4 Å². The minimum Gasteiger partial charge on any atom is -1.00 e. The van der Waals surface area contributed by atoms with Gasteiger partial charge in [-0.2, -0.15) is 4.57 Å². The molecule has 18 heavy (non-hydrogen) atoms. The Bertz CT molecular complexity index is 442. The Morgan fingerprint density at radius 2 is 2.00 bits per heavy atom. The third-order valence-electron chi connectivity index (χ3n) is 3.36. The van der Waals surface area contributed by atoms with Gasteiger partial charge in [0.1, 0.15) is 0 Å². The minimum absolute atomic E-state index is 0. The van der Waals surface area contributed by atoms with Crippen LogP contribution in [0.3, 0.4) is 0 Å². The molecule has 0 radical (unpaired) electrons. The number of methoxy groups -OCH3 is 1. The molecule has 2 rings (SSSR count). The number of hydrogen-bond donors (Lipinski definition) is 0. The molecule has 0 N–H and O–H groups in total. The SMILES string of the molecule is COC(=O)C1CCC(C)=C([n+]2ccccc2)C1.[Br-]. The van der Waals surface area contributed by atoms with Crippen LogP contribution < -0.4 is 21.5 Å². The summed E-state index contributed by atoms with van der Waals surface area (Å²) in [6.07, 6.45) is 6.69. The van der Waals surface area contributed by atoms with Crippen LogP contribution in [0.15, 0.2) is 36.2 Å². The molecule has 0 saturated carbocycles. The molecular weight excluding hydrogens is 294 g/mol. The highest BCUT2D eigenvalue weighted by atomic mass is 79.9. The molecule has 0 amide bonds. The number of pyridine rings is 1. The van der Waals surface area contributed by atoms with Crippen molar-refractivity contribution in [2.24, 2.45) is 5.92 Å². The second kappa shape index (κ2) is 6.69. The van der Waals surface area contributed by atoms with Gasteiger partial charge in [0.05, 0.1) is 13.0 Å². The van der Waals surface area contributed by atoms with Crippen molar-refractivity contribution in [3.63, 3.8) is 0 Å². The first kappa shape index (κ1) is 14.9. The van der Waals surface area contributed by atoms with Crippen molar-refractivity contribution in [2.75, 3.05) is 7.11 Å². The second-order valence-corrected chi connectivity index (χ2v) is 4.47. The van der Waals surface area contributed by atoms with Gasteiger partial charge in [0.2, 0.25) is 0 Å². The first-order chi connectivity index (χ1) is 8.22. The molecule has 3 nitrogen and oxygen atoms in total. The van der Waals surface area contributed by atoms with Gasteiger partial charge in [0.15, 0.2) is 18.1 Å². The molecule has 1 aliphatic carbocycles. The Balaban J connectivity index is 0.00000162. The predicted octanol–water partition coefficient (Wildman–Crippen LogP) is -0.818. The predicted molar refractivity (Wildman–Crippen MR) is 64.9 cm³/mol. The van der Waals surface area contributed by atoms with Crippen LogP contribution >= 0.6 is 0 Å². The minimum atomic E-state index is -0.0912. The van der Waals surface area contributed by atoms with E-state index in [-0.39, 0.29) is 28.9 Å². The fourth-order valence-corrected chi connectivity index (χ4v) is 2.32. The van der Waals surface area contributed by atoms with Crippen molar-refractivity contribution in [1.82, 2.24) is 0 Å². The first-order valence-corrected chi connectivity index (χ1v) is 5.95. The summed E-state index contributed by atoms with van der Waals surface area (Å²) in [7, 11) is 1.46. The molecule has 0 bridgehead atoms. The molecule has 1 atom stereocenters. The Hall–Kier alpha value is -1.16. The van der Waals surface area contributed by atoms with E-state index in [4.69, 9.17) is 4.74 Å². The summed E-state index contributed by atoms with van der Waals surface area (Å²) in [5.41, 5.74) is 2.59. The maximum absolute atomic E-state index is 11.6. The molecule has 98 valence electrons. The van der Waals surface area contributed by atoms with Crippen LogP contribution in [0.1, 0.15) is 26.2 Å². The lowest BCUT2D eigenvalue weighted by Crippen LogP contribution is -3.00. The zero-order valence-electron chi connectivity index (χ0n) is 10.7. The van der Waals surface area contributed by atoms with Gasteiger partial charge >= 0.3 is 5.97 Å². The van der Waals surface area contributed by atoms with E-state index in [1.54, 1.807) is 0 Å². The van der Waals surface area contributed by atoms with Gasteiger partial charge in [-0.05, 0) is 25.3 Å². The normalized spacial score (nSPS) is 19.1. The highest BCUT2D eigenvalue weighted by Gasteiger charge is 2.30. The smallest absolute Gasteiger partial charge is 0.309 e. The second-order valence-electron chi connectivity index (χ2n) is 4.47. The van der Waals surface area contributed by atoms with E-state index >= 15 is 0 Å². The van der Waals surface area contributed by atoms with E-state index in [2.05, 4.69) is 11.5 Å². The third-order valence-corrected chi connectivity index (χ3v) is 3.36. The van der Waals surface area contributed by atoms with Gasteiger partial charge in [-0.1, -0.05) is 6.07 Å². The number of nitrogens with zero attached hydrogens (tertiary/aromatic N) is 1. The quantitative estimate of drug-likeness (QED) is 0.528. The fourth-order valence-electron chi connectivity index (χ4n) is 2.32. The monoisotopic (exact) mass is 311 g/mol. The Labute approximate surface area is 118 Å². The zero-order chi connectivity index (χ0) is 12.3. The van der Waals surface area contributed by atoms with Crippen molar-refractivity contribution in [3.05, 3.63) is 36.2 Å². The number of halogens is 1. The molecule has 1 aromatic rings. The van der Waals surface area contributed by atoms with Crippen molar-refractivity contribution >= 4 is 11.7 Å². The summed E-state index contributed by atoms with van der Waals surface area (Å²) < 4.78 is 6.94. The van der Waals surface area contributed by atoms with Gasteiger partial charge in [-0.3, -0.25) is 4.79 Å². The lowest BCUT2D eigenvalue weighted by molar-refractivity contribution is -0.584. The zero-order valence-corrected chi connectivity index (χ0v) is 12.3. The van der Waals surface area contributed by atoms with Crippen LogP contribution in [0.5, 0.6) is 0 Å². The van der Waals surface area contributed by atoms with Crippen LogP contribution in [0, 0.1) is 5.92 Å². The van der Waals surface area contributed by atoms with Crippen LogP contribution in [0.4, 0.5) is 0 Å². The Morgan fingerprint density at radius 3 is 2.61 bits per heavy atom. The number of rotatable bonds is 2. The number of carbonyl (C=O) groups excluding carboxylic acids is 1. The van der Waals surface area contributed by atoms with Crippen molar-refractivity contribution in [3.8, 4) is 0 Å². The van der Waals surface area contributed by atoms with Crippen molar-refractivity contribution < 1.29 is 31.1 Å². The summed E-state index contributed by atoms with van der Waals surface area (Å²) in [5.74, 6) is -0.0852. The molecule has 0 saturated heterocycles. The summed E-state index contributed by atoms with van der Waals surface area (Å²) in [5, 5.41) is 0. The van der Waals surface area contributed by atoms with Gasteiger partial charge in [0, 0.05) is 18.6 Å². The summed E-state index contributed by atoms with van der Waals surface area (Å²) in [6, 6.07) is 6.00. The molecule has 1 unspecified atom stereocenters. The van der Waals surface area contributed by atoms with Crippen LogP contribution in [-0.2, 0) is 9.53 Å². The molecule has 0 aromatic carbocycles. The summed E-state index contributed by atoms with van der Waals surface area (Å²) in [4.78, 5) is 11.6. The maximum atomic E-state index is 11.6. The van der Waals surface area contributed by atoms with Crippen molar-refractivity contribution in [1.29, 1.82) is 0 Å². The molecule has 0 spiro atoms. The van der Waals surface area contributed by atoms with E-state index < -0.39 is 0 Å². The highest BCUT2D eigenvalue weighted by molar-refractivity contribution is 5.74. The van der Waals surface area contributed by atoms with E-state index in [9.17, 15) is 4.79 Å². The molecule has 1 aromatic heterocycles. The molecule has 0 aliphatic heterocycles. The number of allylic oxidation sites excluding steroid dienone is 2. The van der Waals surface area contributed by atoms with Crippen LogP contribution in [0.25, 0.3) is 5.70 Å². The third kappa shape index (κ3) is 3.19. The number of aromatic nitrogens is 1. The number of carbonyl (C=O) groups is 1. The van der Waals surface area contributed by atoms with Gasteiger partial charge in [-0.15, -0.1) is 0 Å². The number of hydrogen-bond acceptors (Lipinski definition) is 2. The van der Waals surface area contributed by atoms with Crippen LogP contribution in [0.2, 0.25) is 0 Å². The van der Waals surface area contributed by atoms with Gasteiger partial charge < -0.3 is 21.7 Å². The van der Waals surface area contributed by atoms with E-state index in [0.29, 0.717) is 0 Å². The summed E-state index contributed by atoms with van der Waals surface area (Å²) in [6.45, 7) is 2.14. The number of ether oxygens (including phenoxy) is 1. The molecule has 1 aliphatic rings. The Morgan fingerprint density at radius 1 is 1.33 bits per heavy atom. The average Bonchev–Trinajstić information content (AvgIpc) is 2.39. The van der Waals surface area contributed by atoms with E-state index in [1.807, 2.05) is 30.6 Å². The lowest BCUT2D eigenvalue weighted by atomic mass is 9.87. The van der Waals surface area contributed by atoms with Gasteiger partial charge in [-0.25, -0.2) is 0 Å². The number of esters is 1. The molecular formula is C14H18BrNO2. The van der Waals surface area contributed by atoms with Crippen molar-refractivity contribution in [2.45, 2.75) is 26.2 Å². The average molecular weight is 312 g/mol. The highest BCUT2D eigenvalue weighted by Crippen LogP contribution is 2.29. The van der Waals surface area contributed by atoms with E-state index in [0.717, 1.165) is 19.3 Å².